The molecule has 1 N–H and O–H groups in total. The average molecular weight is 391 g/mol. The van der Waals surface area contributed by atoms with E-state index in [4.69, 9.17) is 0 Å². The van der Waals surface area contributed by atoms with Crippen LogP contribution in [0.4, 0.5) is 10.1 Å². The number of hydrogen-bond acceptors (Lipinski definition) is 3. The Labute approximate surface area is 168 Å². The number of benzene rings is 1. The highest BCUT2D eigenvalue weighted by Crippen LogP contribution is 2.21. The number of aryl methyl sites for hydroxylation is 3. The predicted octanol–water partition coefficient (Wildman–Crippen LogP) is 4.16. The van der Waals surface area contributed by atoms with Crippen molar-refractivity contribution in [1.82, 2.24) is 19.2 Å². The summed E-state index contributed by atoms with van der Waals surface area (Å²) in [6.07, 6.45) is 4.46. The molecule has 0 aliphatic rings. The Morgan fingerprint density at radius 2 is 1.90 bits per heavy atom. The molecule has 3 heterocycles. The SMILES string of the molecule is Cc1cc2nc(C)c(CCC(=O)Nc3cc(-n4cccc4)ccc3F)c(C)n2n1. The maximum atomic E-state index is 14.2. The Kier molecular flexibility index (Phi) is 4.88. The first kappa shape index (κ1) is 18.9. The first-order valence-corrected chi connectivity index (χ1v) is 9.47. The normalized spacial score (nSPS) is 11.2. The fourth-order valence-electron chi connectivity index (χ4n) is 3.53. The monoisotopic (exact) mass is 391 g/mol. The summed E-state index contributed by atoms with van der Waals surface area (Å²) in [5.41, 5.74) is 5.48. The van der Waals surface area contributed by atoms with Crippen LogP contribution in [0.3, 0.4) is 0 Å². The number of carbonyl (C=O) groups is 1. The third-order valence-electron chi connectivity index (χ3n) is 5.01. The van der Waals surface area contributed by atoms with Crippen LogP contribution in [-0.2, 0) is 11.2 Å². The summed E-state index contributed by atoms with van der Waals surface area (Å²) in [5.74, 6) is -0.708. The molecule has 0 saturated carbocycles. The van der Waals surface area contributed by atoms with Crippen LogP contribution in [0.5, 0.6) is 0 Å². The second-order valence-electron chi connectivity index (χ2n) is 7.12. The second-order valence-corrected chi connectivity index (χ2v) is 7.12. The smallest absolute Gasteiger partial charge is 0.224 e. The van der Waals surface area contributed by atoms with Crippen molar-refractivity contribution in [2.24, 2.45) is 0 Å². The lowest BCUT2D eigenvalue weighted by Crippen LogP contribution is -2.15. The molecule has 6 nitrogen and oxygen atoms in total. The lowest BCUT2D eigenvalue weighted by molar-refractivity contribution is -0.116. The van der Waals surface area contributed by atoms with Gasteiger partial charge in [0.15, 0.2) is 5.65 Å². The minimum atomic E-state index is -0.461. The topological polar surface area (TPSA) is 64.2 Å². The number of hydrogen-bond donors (Lipinski definition) is 1. The molecule has 29 heavy (non-hydrogen) atoms. The zero-order valence-corrected chi connectivity index (χ0v) is 16.6. The van der Waals surface area contributed by atoms with Crippen molar-refractivity contribution in [3.8, 4) is 5.69 Å². The second kappa shape index (κ2) is 7.50. The Morgan fingerprint density at radius 1 is 1.14 bits per heavy atom. The number of aromatic nitrogens is 4. The van der Waals surface area contributed by atoms with Crippen molar-refractivity contribution >= 4 is 17.2 Å². The van der Waals surface area contributed by atoms with Gasteiger partial charge in [0.2, 0.25) is 5.91 Å². The van der Waals surface area contributed by atoms with Crippen LogP contribution in [-0.4, -0.2) is 25.1 Å². The van der Waals surface area contributed by atoms with Gasteiger partial charge in [0.1, 0.15) is 5.82 Å². The molecule has 4 rings (SSSR count). The van der Waals surface area contributed by atoms with Crippen LogP contribution in [0, 0.1) is 26.6 Å². The molecule has 7 heteroatoms. The van der Waals surface area contributed by atoms with Gasteiger partial charge in [0.05, 0.1) is 11.4 Å². The lowest BCUT2D eigenvalue weighted by atomic mass is 10.1. The highest BCUT2D eigenvalue weighted by molar-refractivity contribution is 5.91. The number of nitrogens with zero attached hydrogens (tertiary/aromatic N) is 4. The summed E-state index contributed by atoms with van der Waals surface area (Å²) in [6, 6.07) is 10.4. The summed E-state index contributed by atoms with van der Waals surface area (Å²) in [7, 11) is 0. The van der Waals surface area contributed by atoms with Crippen LogP contribution in [0.2, 0.25) is 0 Å². The number of carbonyl (C=O) groups excluding carboxylic acids is 1. The summed E-state index contributed by atoms with van der Waals surface area (Å²) in [4.78, 5) is 17.1. The Balaban J connectivity index is 1.50. The number of nitrogens with one attached hydrogen (secondary N) is 1. The molecule has 0 saturated heterocycles. The molecule has 0 spiro atoms. The van der Waals surface area contributed by atoms with E-state index >= 15 is 0 Å². The molecule has 0 atom stereocenters. The van der Waals surface area contributed by atoms with Gasteiger partial charge in [-0.1, -0.05) is 0 Å². The maximum Gasteiger partial charge on any atom is 0.224 e. The van der Waals surface area contributed by atoms with E-state index in [1.54, 1.807) is 16.6 Å². The maximum absolute atomic E-state index is 14.2. The van der Waals surface area contributed by atoms with Crippen molar-refractivity contribution in [2.75, 3.05) is 5.32 Å². The van der Waals surface area contributed by atoms with E-state index in [9.17, 15) is 9.18 Å². The summed E-state index contributed by atoms with van der Waals surface area (Å²) in [6.45, 7) is 5.83. The lowest BCUT2D eigenvalue weighted by Gasteiger charge is -2.12. The van der Waals surface area contributed by atoms with E-state index < -0.39 is 5.82 Å². The van der Waals surface area contributed by atoms with Crippen LogP contribution >= 0.6 is 0 Å². The largest absolute Gasteiger partial charge is 0.324 e. The third kappa shape index (κ3) is 3.76. The minimum Gasteiger partial charge on any atom is -0.324 e. The molecule has 0 radical (unpaired) electrons. The fraction of sp³-hybridized carbons (Fsp3) is 0.227. The van der Waals surface area contributed by atoms with E-state index in [0.29, 0.717) is 6.42 Å². The molecular weight excluding hydrogens is 369 g/mol. The molecule has 0 aliphatic carbocycles. The van der Waals surface area contributed by atoms with Crippen LogP contribution < -0.4 is 5.32 Å². The number of halogens is 1. The van der Waals surface area contributed by atoms with E-state index in [1.807, 2.05) is 55.9 Å². The van der Waals surface area contributed by atoms with Crippen LogP contribution in [0.25, 0.3) is 11.3 Å². The van der Waals surface area contributed by atoms with Gasteiger partial charge in [-0.2, -0.15) is 5.10 Å². The van der Waals surface area contributed by atoms with Crippen molar-refractivity contribution < 1.29 is 9.18 Å². The first-order valence-electron chi connectivity index (χ1n) is 9.47. The zero-order valence-electron chi connectivity index (χ0n) is 16.6. The molecule has 4 aromatic rings. The van der Waals surface area contributed by atoms with Gasteiger partial charge in [-0.25, -0.2) is 13.9 Å². The Hall–Kier alpha value is -3.48. The van der Waals surface area contributed by atoms with Crippen molar-refractivity contribution in [3.05, 3.63) is 77.3 Å². The van der Waals surface area contributed by atoms with Crippen LogP contribution in [0.1, 0.15) is 29.1 Å². The van der Waals surface area contributed by atoms with Gasteiger partial charge in [-0.15, -0.1) is 0 Å². The number of rotatable bonds is 5. The van der Waals surface area contributed by atoms with Gasteiger partial charge in [0, 0.05) is 42.0 Å². The van der Waals surface area contributed by atoms with Gasteiger partial charge < -0.3 is 9.88 Å². The summed E-state index contributed by atoms with van der Waals surface area (Å²) in [5, 5.41) is 7.15. The minimum absolute atomic E-state index is 0.172. The van der Waals surface area contributed by atoms with E-state index in [1.165, 1.54) is 6.07 Å². The highest BCUT2D eigenvalue weighted by atomic mass is 19.1. The van der Waals surface area contributed by atoms with Crippen molar-refractivity contribution in [2.45, 2.75) is 33.6 Å². The van der Waals surface area contributed by atoms with Crippen molar-refractivity contribution in [1.29, 1.82) is 0 Å². The van der Waals surface area contributed by atoms with E-state index in [-0.39, 0.29) is 18.0 Å². The van der Waals surface area contributed by atoms with Gasteiger partial charge >= 0.3 is 0 Å². The van der Waals surface area contributed by atoms with Crippen LogP contribution in [0.15, 0.2) is 48.8 Å². The zero-order chi connectivity index (χ0) is 20.5. The highest BCUT2D eigenvalue weighted by Gasteiger charge is 2.14. The van der Waals surface area contributed by atoms with E-state index in [2.05, 4.69) is 15.4 Å². The number of anilines is 1. The Morgan fingerprint density at radius 3 is 2.66 bits per heavy atom. The molecule has 0 unspecified atom stereocenters. The molecule has 0 fully saturated rings. The van der Waals surface area contributed by atoms with Gasteiger partial charge in [-0.05, 0) is 63.1 Å². The molecular formula is C22H22FN5O. The molecule has 3 aromatic heterocycles. The predicted molar refractivity (Wildman–Crippen MR) is 110 cm³/mol. The fourth-order valence-corrected chi connectivity index (χ4v) is 3.53. The standard InChI is InChI=1S/C22H22FN5O/c1-14-12-21-24-15(2)18(16(3)28(21)26-14)7-9-22(29)25-20-13-17(6-8-19(20)23)27-10-4-5-11-27/h4-6,8,10-13H,7,9H2,1-3H3,(H,25,29). The number of fused-ring (bicyclic) bond motifs is 1. The van der Waals surface area contributed by atoms with Gasteiger partial charge in [-0.3, -0.25) is 4.79 Å². The quantitative estimate of drug-likeness (QED) is 0.556. The molecule has 0 aliphatic heterocycles. The number of amides is 1. The molecule has 0 bridgehead atoms. The van der Waals surface area contributed by atoms with Gasteiger partial charge in [0.25, 0.3) is 0 Å². The molecule has 1 amide bonds. The summed E-state index contributed by atoms with van der Waals surface area (Å²) >= 11 is 0. The average Bonchev–Trinajstić information content (AvgIpc) is 3.33. The Bertz CT molecular complexity index is 1190. The van der Waals surface area contributed by atoms with E-state index in [0.717, 1.165) is 34.0 Å². The molecule has 148 valence electrons. The third-order valence-corrected chi connectivity index (χ3v) is 5.01. The molecule has 1 aromatic carbocycles. The first-order chi connectivity index (χ1) is 13.9. The van der Waals surface area contributed by atoms with Crippen molar-refractivity contribution in [3.63, 3.8) is 0 Å². The summed E-state index contributed by atoms with van der Waals surface area (Å²) < 4.78 is 17.9.